The molecule has 0 saturated heterocycles. The van der Waals surface area contributed by atoms with Crippen molar-refractivity contribution in [3.05, 3.63) is 88.4 Å². The number of nitrogens with one attached hydrogen (secondary N) is 1. The number of carbonyl (C=O) groups excluding carboxylic acids is 1. The molecule has 0 aromatic heterocycles. The highest BCUT2D eigenvalue weighted by molar-refractivity contribution is 7.92. The average Bonchev–Trinajstić information content (AvgIpc) is 2.87. The summed E-state index contributed by atoms with van der Waals surface area (Å²) >= 11 is 5.74. The number of benzene rings is 3. The van der Waals surface area contributed by atoms with Crippen LogP contribution in [0.2, 0.25) is 5.02 Å². The first-order chi connectivity index (χ1) is 17.5. The van der Waals surface area contributed by atoms with Gasteiger partial charge in [0.2, 0.25) is 5.91 Å². The molecule has 1 N–H and O–H groups in total. The number of alkyl halides is 3. The molecule has 1 unspecified atom stereocenters. The SMILES string of the molecule is COc1ccc2c(c1)CCCC2NC(=O)CN(c1ccc(Cl)c(C(F)(F)F)c1)S(=O)(=O)c1ccccc1. The molecule has 3 aromatic rings. The molecular weight excluding hydrogens is 529 g/mol. The van der Waals surface area contributed by atoms with Gasteiger partial charge >= 0.3 is 6.18 Å². The minimum absolute atomic E-state index is 0.165. The van der Waals surface area contributed by atoms with Crippen LogP contribution in [0.15, 0.2) is 71.6 Å². The number of amides is 1. The molecule has 37 heavy (non-hydrogen) atoms. The van der Waals surface area contributed by atoms with Gasteiger partial charge in [-0.1, -0.05) is 35.9 Å². The monoisotopic (exact) mass is 552 g/mol. The van der Waals surface area contributed by atoms with Gasteiger partial charge in [0, 0.05) is 0 Å². The van der Waals surface area contributed by atoms with E-state index in [1.165, 1.54) is 24.3 Å². The molecule has 3 aromatic carbocycles. The summed E-state index contributed by atoms with van der Waals surface area (Å²) in [4.78, 5) is 13.0. The fourth-order valence-corrected chi connectivity index (χ4v) is 6.02. The van der Waals surface area contributed by atoms with Crippen LogP contribution in [0, 0.1) is 0 Å². The van der Waals surface area contributed by atoms with Gasteiger partial charge in [0.05, 0.1) is 34.3 Å². The fourth-order valence-electron chi connectivity index (χ4n) is 4.36. The van der Waals surface area contributed by atoms with E-state index in [1.807, 2.05) is 12.1 Å². The molecule has 0 radical (unpaired) electrons. The van der Waals surface area contributed by atoms with E-state index >= 15 is 0 Å². The quantitative estimate of drug-likeness (QED) is 0.404. The van der Waals surface area contributed by atoms with Crippen molar-refractivity contribution in [1.82, 2.24) is 5.32 Å². The van der Waals surface area contributed by atoms with E-state index in [0.717, 1.165) is 36.1 Å². The van der Waals surface area contributed by atoms with E-state index in [4.69, 9.17) is 16.3 Å². The van der Waals surface area contributed by atoms with Crippen LogP contribution in [0.5, 0.6) is 5.75 Å². The van der Waals surface area contributed by atoms with Crippen molar-refractivity contribution in [3.8, 4) is 5.75 Å². The maximum Gasteiger partial charge on any atom is 0.417 e. The molecule has 1 aliphatic carbocycles. The first kappa shape index (κ1) is 26.8. The van der Waals surface area contributed by atoms with E-state index in [1.54, 1.807) is 19.2 Å². The third kappa shape index (κ3) is 5.86. The van der Waals surface area contributed by atoms with Crippen molar-refractivity contribution in [2.75, 3.05) is 18.0 Å². The molecule has 1 atom stereocenters. The largest absolute Gasteiger partial charge is 0.497 e. The topological polar surface area (TPSA) is 75.7 Å². The Balaban J connectivity index is 1.68. The van der Waals surface area contributed by atoms with Gasteiger partial charge in [-0.2, -0.15) is 13.2 Å². The summed E-state index contributed by atoms with van der Waals surface area (Å²) < 4.78 is 73.5. The number of anilines is 1. The first-order valence-corrected chi connectivity index (χ1v) is 13.2. The number of methoxy groups -OCH3 is 1. The lowest BCUT2D eigenvalue weighted by atomic mass is 9.87. The van der Waals surface area contributed by atoms with Crippen LogP contribution in [-0.2, 0) is 27.4 Å². The minimum atomic E-state index is -4.82. The van der Waals surface area contributed by atoms with Crippen molar-refractivity contribution in [1.29, 1.82) is 0 Å². The van der Waals surface area contributed by atoms with Crippen LogP contribution in [0.1, 0.15) is 35.6 Å². The van der Waals surface area contributed by atoms with Gasteiger partial charge in [-0.3, -0.25) is 9.10 Å². The Labute approximate surface area is 218 Å². The lowest BCUT2D eigenvalue weighted by molar-refractivity contribution is -0.137. The Morgan fingerprint density at radius 1 is 1.11 bits per heavy atom. The number of carbonyl (C=O) groups is 1. The number of aryl methyl sites for hydroxylation is 1. The highest BCUT2D eigenvalue weighted by Gasteiger charge is 2.36. The second-order valence-electron chi connectivity index (χ2n) is 8.56. The average molecular weight is 553 g/mol. The highest BCUT2D eigenvalue weighted by atomic mass is 35.5. The Kier molecular flexibility index (Phi) is 7.70. The van der Waals surface area contributed by atoms with Gasteiger partial charge in [-0.05, 0) is 72.9 Å². The smallest absolute Gasteiger partial charge is 0.417 e. The van der Waals surface area contributed by atoms with Crippen LogP contribution in [0.4, 0.5) is 18.9 Å². The maximum atomic E-state index is 13.5. The summed E-state index contributed by atoms with van der Waals surface area (Å²) in [7, 11) is -2.83. The number of ether oxygens (including phenoxy) is 1. The second kappa shape index (κ2) is 10.6. The molecule has 0 spiro atoms. The lowest BCUT2D eigenvalue weighted by Crippen LogP contribution is -2.42. The van der Waals surface area contributed by atoms with Gasteiger partial charge in [-0.15, -0.1) is 0 Å². The van der Waals surface area contributed by atoms with Crippen molar-refractivity contribution < 1.29 is 31.1 Å². The zero-order chi connectivity index (χ0) is 26.8. The zero-order valence-corrected chi connectivity index (χ0v) is 21.3. The number of hydrogen-bond donors (Lipinski definition) is 1. The molecule has 11 heteroatoms. The van der Waals surface area contributed by atoms with E-state index < -0.39 is 39.2 Å². The Morgan fingerprint density at radius 2 is 1.84 bits per heavy atom. The minimum Gasteiger partial charge on any atom is -0.497 e. The molecule has 0 fully saturated rings. The van der Waals surface area contributed by atoms with Gasteiger partial charge < -0.3 is 10.1 Å². The molecule has 0 saturated carbocycles. The summed E-state index contributed by atoms with van der Waals surface area (Å²) in [5.74, 6) is 0.0331. The summed E-state index contributed by atoms with van der Waals surface area (Å²) in [6, 6.07) is 15.1. The van der Waals surface area contributed by atoms with E-state index in [0.29, 0.717) is 22.5 Å². The van der Waals surface area contributed by atoms with Crippen molar-refractivity contribution in [2.24, 2.45) is 0 Å². The predicted molar refractivity (Wildman–Crippen MR) is 134 cm³/mol. The van der Waals surface area contributed by atoms with Crippen molar-refractivity contribution >= 4 is 33.2 Å². The summed E-state index contributed by atoms with van der Waals surface area (Å²) in [6.45, 7) is -0.724. The van der Waals surface area contributed by atoms with E-state index in [-0.39, 0.29) is 16.6 Å². The van der Waals surface area contributed by atoms with E-state index in [2.05, 4.69) is 5.32 Å². The summed E-state index contributed by atoms with van der Waals surface area (Å²) in [5, 5.41) is 2.28. The van der Waals surface area contributed by atoms with Crippen LogP contribution in [-0.4, -0.2) is 28.0 Å². The van der Waals surface area contributed by atoms with Crippen LogP contribution < -0.4 is 14.4 Å². The number of halogens is 4. The molecule has 6 nitrogen and oxygen atoms in total. The first-order valence-electron chi connectivity index (χ1n) is 11.4. The number of fused-ring (bicyclic) bond motifs is 1. The second-order valence-corrected chi connectivity index (χ2v) is 10.8. The molecular formula is C26H24ClF3N2O4S. The molecule has 0 bridgehead atoms. The number of rotatable bonds is 7. The molecule has 4 rings (SSSR count). The van der Waals surface area contributed by atoms with Gasteiger partial charge in [0.1, 0.15) is 12.3 Å². The van der Waals surface area contributed by atoms with E-state index in [9.17, 15) is 26.4 Å². The maximum absolute atomic E-state index is 13.5. The normalized spacial score (nSPS) is 15.5. The Hall–Kier alpha value is -3.24. The predicted octanol–water partition coefficient (Wildman–Crippen LogP) is 5.76. The zero-order valence-electron chi connectivity index (χ0n) is 19.8. The highest BCUT2D eigenvalue weighted by Crippen LogP contribution is 2.38. The standard InChI is InChI=1S/C26H24ClF3N2O4S/c1-36-19-11-12-21-17(14-19)6-5-9-24(21)31-25(33)16-32(37(34,35)20-7-3-2-4-8-20)18-10-13-23(27)22(15-18)26(28,29)30/h2-4,7-8,10-15,24H,5-6,9,16H2,1H3,(H,31,33). The molecule has 0 aliphatic heterocycles. The lowest BCUT2D eigenvalue weighted by Gasteiger charge is -2.29. The number of sulfonamides is 1. The van der Waals surface area contributed by atoms with Gasteiger partial charge in [0.25, 0.3) is 10.0 Å². The molecule has 1 aliphatic rings. The number of hydrogen-bond acceptors (Lipinski definition) is 4. The van der Waals surface area contributed by atoms with Crippen LogP contribution >= 0.6 is 11.6 Å². The Bertz CT molecular complexity index is 1400. The van der Waals surface area contributed by atoms with Crippen molar-refractivity contribution in [3.63, 3.8) is 0 Å². The fraction of sp³-hybridized carbons (Fsp3) is 0.269. The van der Waals surface area contributed by atoms with Gasteiger partial charge in [0.15, 0.2) is 0 Å². The van der Waals surface area contributed by atoms with Crippen LogP contribution in [0.25, 0.3) is 0 Å². The third-order valence-electron chi connectivity index (χ3n) is 6.16. The number of nitrogens with zero attached hydrogens (tertiary/aromatic N) is 1. The molecule has 196 valence electrons. The molecule has 1 amide bonds. The summed E-state index contributed by atoms with van der Waals surface area (Å²) in [6.07, 6.45) is -2.58. The third-order valence-corrected chi connectivity index (χ3v) is 8.28. The summed E-state index contributed by atoms with van der Waals surface area (Å²) in [5.41, 5.74) is 0.376. The molecule has 0 heterocycles. The van der Waals surface area contributed by atoms with Crippen molar-refractivity contribution in [2.45, 2.75) is 36.4 Å². The van der Waals surface area contributed by atoms with Crippen LogP contribution in [0.3, 0.4) is 0 Å². The van der Waals surface area contributed by atoms with Gasteiger partial charge in [-0.25, -0.2) is 8.42 Å². The Morgan fingerprint density at radius 3 is 2.51 bits per heavy atom.